The maximum Gasteiger partial charge on any atom is 0.228 e. The fraction of sp³-hybridized carbons (Fsp3) is 0.778. The van der Waals surface area contributed by atoms with Crippen LogP contribution in [0.2, 0.25) is 0 Å². The van der Waals surface area contributed by atoms with Crippen molar-refractivity contribution in [2.24, 2.45) is 5.41 Å². The first-order valence-electron chi connectivity index (χ1n) is 4.65. The van der Waals surface area contributed by atoms with Gasteiger partial charge in [0.15, 0.2) is 6.19 Å². The number of carbonyl (C=O) groups excluding carboxylic acids is 1. The number of hydrogen-bond acceptors (Lipinski definition) is 3. The van der Waals surface area contributed by atoms with Crippen LogP contribution in [0.15, 0.2) is 0 Å². The molecule has 13 heavy (non-hydrogen) atoms. The summed E-state index contributed by atoms with van der Waals surface area (Å²) < 4.78 is 0. The Balaban J connectivity index is 2.26. The molecule has 0 aromatic heterocycles. The van der Waals surface area contributed by atoms with Gasteiger partial charge in [0, 0.05) is 13.1 Å². The van der Waals surface area contributed by atoms with Crippen LogP contribution < -0.4 is 5.32 Å². The van der Waals surface area contributed by atoms with Gasteiger partial charge in [-0.05, 0) is 19.8 Å². The van der Waals surface area contributed by atoms with Gasteiger partial charge in [-0.2, -0.15) is 5.26 Å². The molecule has 0 radical (unpaired) electrons. The Morgan fingerprint density at radius 3 is 2.92 bits per heavy atom. The van der Waals surface area contributed by atoms with Crippen molar-refractivity contribution in [2.75, 3.05) is 13.1 Å². The second-order valence-electron chi connectivity index (χ2n) is 3.88. The molecule has 0 saturated carbocycles. The number of amides is 1. The van der Waals surface area contributed by atoms with Crippen molar-refractivity contribution in [2.45, 2.75) is 25.8 Å². The molecular formula is C9H13N3O. The van der Waals surface area contributed by atoms with Crippen LogP contribution in [0.1, 0.15) is 19.8 Å². The lowest BCUT2D eigenvalue weighted by Gasteiger charge is -2.26. The summed E-state index contributed by atoms with van der Waals surface area (Å²) in [5.41, 5.74) is -0.268. The van der Waals surface area contributed by atoms with E-state index in [-0.39, 0.29) is 17.4 Å². The lowest BCUT2D eigenvalue weighted by Crippen LogP contribution is -2.40. The second kappa shape index (κ2) is 2.63. The lowest BCUT2D eigenvalue weighted by atomic mass is 9.79. The van der Waals surface area contributed by atoms with Gasteiger partial charge in [0.05, 0.1) is 11.5 Å². The summed E-state index contributed by atoms with van der Waals surface area (Å²) in [6.07, 6.45) is 3.85. The topological polar surface area (TPSA) is 56.1 Å². The molecule has 2 aliphatic rings. The smallest absolute Gasteiger partial charge is 0.228 e. The highest BCUT2D eigenvalue weighted by Crippen LogP contribution is 2.42. The number of likely N-dealkylation sites (tertiary alicyclic amines) is 1. The molecule has 0 bridgehead atoms. The van der Waals surface area contributed by atoms with Crippen LogP contribution >= 0.6 is 0 Å². The maximum atomic E-state index is 11.6. The molecular weight excluding hydrogens is 166 g/mol. The number of hydrogen-bond donors (Lipinski definition) is 1. The van der Waals surface area contributed by atoms with E-state index < -0.39 is 0 Å². The van der Waals surface area contributed by atoms with Crippen molar-refractivity contribution < 1.29 is 4.79 Å². The molecule has 2 atom stereocenters. The minimum Gasteiger partial charge on any atom is -0.356 e. The van der Waals surface area contributed by atoms with Crippen LogP contribution in [0.5, 0.6) is 0 Å². The quantitative estimate of drug-likeness (QED) is 0.535. The van der Waals surface area contributed by atoms with Crippen molar-refractivity contribution in [3.63, 3.8) is 0 Å². The Morgan fingerprint density at radius 1 is 1.69 bits per heavy atom. The van der Waals surface area contributed by atoms with Gasteiger partial charge >= 0.3 is 0 Å². The molecule has 4 heteroatoms. The number of nitrogens with zero attached hydrogens (tertiary/aromatic N) is 2. The molecule has 0 aromatic rings. The van der Waals surface area contributed by atoms with Crippen LogP contribution in [0.4, 0.5) is 0 Å². The SMILES string of the molecule is CC1N(C#N)CCC12CCNC2=O. The van der Waals surface area contributed by atoms with E-state index >= 15 is 0 Å². The van der Waals surface area contributed by atoms with Crippen molar-refractivity contribution in [3.8, 4) is 6.19 Å². The van der Waals surface area contributed by atoms with E-state index in [0.717, 1.165) is 25.9 Å². The monoisotopic (exact) mass is 179 g/mol. The summed E-state index contributed by atoms with van der Waals surface area (Å²) >= 11 is 0. The Kier molecular flexibility index (Phi) is 1.69. The van der Waals surface area contributed by atoms with Gasteiger partial charge in [-0.1, -0.05) is 0 Å². The van der Waals surface area contributed by atoms with Gasteiger partial charge < -0.3 is 10.2 Å². The summed E-state index contributed by atoms with van der Waals surface area (Å²) in [4.78, 5) is 13.3. The third-order valence-electron chi connectivity index (χ3n) is 3.50. The van der Waals surface area contributed by atoms with Crippen LogP contribution in [0.25, 0.3) is 0 Å². The first-order valence-corrected chi connectivity index (χ1v) is 4.65. The van der Waals surface area contributed by atoms with Crippen molar-refractivity contribution in [1.29, 1.82) is 5.26 Å². The molecule has 1 amide bonds. The highest BCUT2D eigenvalue weighted by molar-refractivity contribution is 5.85. The number of rotatable bonds is 0. The zero-order chi connectivity index (χ0) is 9.47. The van der Waals surface area contributed by atoms with E-state index in [1.54, 1.807) is 4.90 Å². The van der Waals surface area contributed by atoms with Gasteiger partial charge in [-0.3, -0.25) is 4.79 Å². The highest BCUT2D eigenvalue weighted by atomic mass is 16.2. The molecule has 0 aliphatic carbocycles. The molecule has 0 aromatic carbocycles. The minimum absolute atomic E-state index is 0.0694. The predicted molar refractivity (Wildman–Crippen MR) is 46.5 cm³/mol. The fourth-order valence-corrected chi connectivity index (χ4v) is 2.48. The molecule has 2 fully saturated rings. The van der Waals surface area contributed by atoms with Crippen LogP contribution in [0, 0.1) is 16.9 Å². The number of nitrogens with one attached hydrogen (secondary N) is 1. The van der Waals surface area contributed by atoms with E-state index in [1.165, 1.54) is 0 Å². The molecule has 2 saturated heterocycles. The van der Waals surface area contributed by atoms with Crippen LogP contribution in [-0.2, 0) is 4.79 Å². The van der Waals surface area contributed by atoms with E-state index in [4.69, 9.17) is 5.26 Å². The standard InChI is InChI=1S/C9H13N3O/c1-7-9(2-4-11-8(9)13)3-5-12(7)6-10/h7H,2-5H2,1H3,(H,11,13). The van der Waals surface area contributed by atoms with E-state index in [0.29, 0.717) is 0 Å². The van der Waals surface area contributed by atoms with Crippen LogP contribution in [0.3, 0.4) is 0 Å². The number of carbonyl (C=O) groups is 1. The largest absolute Gasteiger partial charge is 0.356 e. The summed E-state index contributed by atoms with van der Waals surface area (Å²) in [5, 5.41) is 11.7. The third kappa shape index (κ3) is 0.932. The van der Waals surface area contributed by atoms with E-state index in [2.05, 4.69) is 11.5 Å². The summed E-state index contributed by atoms with van der Waals surface area (Å²) in [5.74, 6) is 0.137. The van der Waals surface area contributed by atoms with Gasteiger partial charge in [0.25, 0.3) is 0 Å². The Labute approximate surface area is 77.5 Å². The molecule has 2 unspecified atom stereocenters. The zero-order valence-electron chi connectivity index (χ0n) is 7.71. The average Bonchev–Trinajstić information content (AvgIpc) is 2.63. The zero-order valence-corrected chi connectivity index (χ0v) is 7.71. The first-order chi connectivity index (χ1) is 6.20. The second-order valence-corrected chi connectivity index (χ2v) is 3.88. The maximum absolute atomic E-state index is 11.6. The molecule has 2 rings (SSSR count). The Morgan fingerprint density at radius 2 is 2.46 bits per heavy atom. The van der Waals surface area contributed by atoms with E-state index in [1.807, 2.05) is 6.92 Å². The molecule has 1 spiro atoms. The summed E-state index contributed by atoms with van der Waals surface area (Å²) in [6.45, 7) is 3.47. The van der Waals surface area contributed by atoms with Gasteiger partial charge in [0.2, 0.25) is 5.91 Å². The van der Waals surface area contributed by atoms with Gasteiger partial charge in [-0.25, -0.2) is 0 Å². The van der Waals surface area contributed by atoms with Crippen molar-refractivity contribution in [3.05, 3.63) is 0 Å². The van der Waals surface area contributed by atoms with Crippen molar-refractivity contribution >= 4 is 5.91 Å². The molecule has 2 heterocycles. The van der Waals surface area contributed by atoms with Gasteiger partial charge in [-0.15, -0.1) is 0 Å². The Hall–Kier alpha value is -1.24. The van der Waals surface area contributed by atoms with Crippen molar-refractivity contribution in [1.82, 2.24) is 10.2 Å². The third-order valence-corrected chi connectivity index (χ3v) is 3.50. The Bertz CT molecular complexity index is 283. The molecule has 2 aliphatic heterocycles. The fourth-order valence-electron chi connectivity index (χ4n) is 2.48. The van der Waals surface area contributed by atoms with Crippen LogP contribution in [-0.4, -0.2) is 29.9 Å². The summed E-state index contributed by atoms with van der Waals surface area (Å²) in [7, 11) is 0. The molecule has 70 valence electrons. The highest BCUT2D eigenvalue weighted by Gasteiger charge is 2.52. The van der Waals surface area contributed by atoms with Gasteiger partial charge in [0.1, 0.15) is 0 Å². The first kappa shape index (κ1) is 8.36. The molecule has 4 nitrogen and oxygen atoms in total. The molecule has 1 N–H and O–H groups in total. The lowest BCUT2D eigenvalue weighted by molar-refractivity contribution is -0.128. The minimum atomic E-state index is -0.268. The summed E-state index contributed by atoms with van der Waals surface area (Å²) in [6, 6.07) is 0.0694. The predicted octanol–water partition coefficient (Wildman–Crippen LogP) is 0.0680. The average molecular weight is 179 g/mol. The van der Waals surface area contributed by atoms with E-state index in [9.17, 15) is 4.79 Å². The number of nitriles is 1. The normalized spacial score (nSPS) is 38.0.